The Kier molecular flexibility index (Phi) is 5.50. The van der Waals surface area contributed by atoms with Gasteiger partial charge in [-0.05, 0) is 24.3 Å². The fraction of sp³-hybridized carbons (Fsp3) is 0.263. The van der Waals surface area contributed by atoms with E-state index in [9.17, 15) is 18.0 Å². The Balaban J connectivity index is 1.69. The monoisotopic (exact) mass is 375 g/mol. The lowest BCUT2D eigenvalue weighted by atomic mass is 10.1. The van der Waals surface area contributed by atoms with Crippen molar-refractivity contribution >= 4 is 11.6 Å². The van der Waals surface area contributed by atoms with E-state index in [0.29, 0.717) is 25.9 Å². The number of carbonyl (C=O) groups excluding carboxylic acids is 1. The first-order valence-corrected chi connectivity index (χ1v) is 8.33. The zero-order chi connectivity index (χ0) is 19.4. The lowest BCUT2D eigenvalue weighted by Crippen LogP contribution is -2.35. The molecule has 140 valence electrons. The maximum Gasteiger partial charge on any atom is 0.255 e. The second-order valence-electron chi connectivity index (χ2n) is 6.16. The first-order chi connectivity index (χ1) is 12.9. The highest BCUT2D eigenvalue weighted by molar-refractivity contribution is 6.04. The second-order valence-corrected chi connectivity index (χ2v) is 6.16. The number of hydrogen-bond donors (Lipinski definition) is 1. The van der Waals surface area contributed by atoms with Gasteiger partial charge in [0, 0.05) is 49.3 Å². The molecule has 8 heteroatoms. The Labute approximate surface area is 154 Å². The lowest BCUT2D eigenvalue weighted by Gasteiger charge is -2.28. The van der Waals surface area contributed by atoms with E-state index in [0.717, 1.165) is 24.3 Å². The van der Waals surface area contributed by atoms with E-state index in [1.54, 1.807) is 4.90 Å². The maximum absolute atomic E-state index is 13.9. The summed E-state index contributed by atoms with van der Waals surface area (Å²) < 4.78 is 45.9. The van der Waals surface area contributed by atoms with Crippen molar-refractivity contribution in [3.8, 4) is 11.9 Å². The number of halogens is 3. The number of piperidine rings is 1. The molecule has 0 radical (unpaired) electrons. The number of hydrogen-bond acceptors (Lipinski definition) is 4. The van der Waals surface area contributed by atoms with Crippen LogP contribution < -0.4 is 10.1 Å². The number of nitrogens with one attached hydrogen (secondary N) is 1. The number of rotatable bonds is 4. The Hall–Kier alpha value is -3.21. The summed E-state index contributed by atoms with van der Waals surface area (Å²) >= 11 is 0. The van der Waals surface area contributed by atoms with E-state index in [4.69, 9.17) is 10.00 Å². The van der Waals surface area contributed by atoms with Crippen LogP contribution in [0.5, 0.6) is 5.75 Å². The van der Waals surface area contributed by atoms with E-state index in [1.165, 1.54) is 12.1 Å². The van der Waals surface area contributed by atoms with E-state index in [1.807, 2.05) is 0 Å². The molecule has 0 bridgehead atoms. The molecule has 5 nitrogen and oxygen atoms in total. The summed E-state index contributed by atoms with van der Waals surface area (Å²) in [7, 11) is 0. The number of likely N-dealkylation sites (tertiary alicyclic amines) is 1. The van der Waals surface area contributed by atoms with Crippen LogP contribution in [0.3, 0.4) is 0 Å². The predicted octanol–water partition coefficient (Wildman–Crippen LogP) is 3.68. The zero-order valence-electron chi connectivity index (χ0n) is 14.2. The van der Waals surface area contributed by atoms with Gasteiger partial charge >= 0.3 is 0 Å². The molecule has 1 heterocycles. The van der Waals surface area contributed by atoms with Crippen LogP contribution in [0, 0.1) is 28.9 Å². The quantitative estimate of drug-likeness (QED) is 0.828. The first kappa shape index (κ1) is 18.6. The number of ether oxygens (including phenoxy) is 1. The van der Waals surface area contributed by atoms with Crippen LogP contribution in [0.25, 0.3) is 0 Å². The standard InChI is InChI=1S/C19H16F3N3O2/c20-13-8-14(24-19(26)12-1-2-17(21)18(22)7-12)10-16(9-13)27-15-3-5-25(11-23)6-4-15/h1-2,7-10,15H,3-6H2,(H,24,26). The minimum absolute atomic E-state index is 0.0931. The zero-order valence-corrected chi connectivity index (χ0v) is 14.2. The molecule has 1 N–H and O–H groups in total. The molecular weight excluding hydrogens is 359 g/mol. The Morgan fingerprint density at radius 2 is 1.85 bits per heavy atom. The molecule has 1 saturated heterocycles. The fourth-order valence-electron chi connectivity index (χ4n) is 2.81. The van der Waals surface area contributed by atoms with Crippen LogP contribution in [-0.4, -0.2) is 30.0 Å². The van der Waals surface area contributed by atoms with Gasteiger partial charge in [0.1, 0.15) is 17.7 Å². The molecule has 27 heavy (non-hydrogen) atoms. The van der Waals surface area contributed by atoms with Crippen molar-refractivity contribution in [1.82, 2.24) is 4.90 Å². The minimum atomic E-state index is -1.14. The molecule has 0 unspecified atom stereocenters. The summed E-state index contributed by atoms with van der Waals surface area (Å²) in [5, 5.41) is 11.3. The topological polar surface area (TPSA) is 65.4 Å². The van der Waals surface area contributed by atoms with Crippen molar-refractivity contribution < 1.29 is 22.7 Å². The molecule has 3 rings (SSSR count). The van der Waals surface area contributed by atoms with Crippen LogP contribution in [0.4, 0.5) is 18.9 Å². The molecule has 2 aromatic rings. The van der Waals surface area contributed by atoms with Gasteiger partial charge in [0.15, 0.2) is 17.8 Å². The van der Waals surface area contributed by atoms with Crippen molar-refractivity contribution in [3.05, 3.63) is 59.4 Å². The lowest BCUT2D eigenvalue weighted by molar-refractivity contribution is 0.102. The van der Waals surface area contributed by atoms with Crippen molar-refractivity contribution in [1.29, 1.82) is 5.26 Å². The highest BCUT2D eigenvalue weighted by Crippen LogP contribution is 2.24. The second kappa shape index (κ2) is 7.99. The number of nitriles is 1. The van der Waals surface area contributed by atoms with Crippen LogP contribution >= 0.6 is 0 Å². The number of nitrogens with zero attached hydrogens (tertiary/aromatic N) is 2. The van der Waals surface area contributed by atoms with Crippen molar-refractivity contribution in [2.45, 2.75) is 18.9 Å². The first-order valence-electron chi connectivity index (χ1n) is 8.33. The predicted molar refractivity (Wildman–Crippen MR) is 91.5 cm³/mol. The molecule has 1 fully saturated rings. The molecule has 0 aliphatic carbocycles. The van der Waals surface area contributed by atoms with Gasteiger partial charge in [-0.2, -0.15) is 5.26 Å². The van der Waals surface area contributed by atoms with Gasteiger partial charge in [0.2, 0.25) is 0 Å². The highest BCUT2D eigenvalue weighted by atomic mass is 19.2. The van der Waals surface area contributed by atoms with Gasteiger partial charge < -0.3 is 15.0 Å². The smallest absolute Gasteiger partial charge is 0.255 e. The fourth-order valence-corrected chi connectivity index (χ4v) is 2.81. The van der Waals surface area contributed by atoms with Crippen molar-refractivity contribution in [3.63, 3.8) is 0 Å². The molecule has 0 saturated carbocycles. The number of amides is 1. The normalized spacial score (nSPS) is 14.5. The molecular formula is C19H16F3N3O2. The number of benzene rings is 2. The van der Waals surface area contributed by atoms with Crippen LogP contribution in [0.1, 0.15) is 23.2 Å². The largest absolute Gasteiger partial charge is 0.490 e. The summed E-state index contributed by atoms with van der Waals surface area (Å²) in [5.74, 6) is -3.27. The van der Waals surface area contributed by atoms with Crippen LogP contribution in [0.2, 0.25) is 0 Å². The van der Waals surface area contributed by atoms with Crippen molar-refractivity contribution in [2.24, 2.45) is 0 Å². The van der Waals surface area contributed by atoms with E-state index in [2.05, 4.69) is 11.5 Å². The summed E-state index contributed by atoms with van der Waals surface area (Å²) in [6.07, 6.45) is 3.16. The molecule has 1 amide bonds. The summed E-state index contributed by atoms with van der Waals surface area (Å²) in [6, 6.07) is 6.50. The average Bonchev–Trinajstić information content (AvgIpc) is 2.64. The van der Waals surface area contributed by atoms with Gasteiger partial charge in [0.05, 0.1) is 0 Å². The third-order valence-electron chi connectivity index (χ3n) is 4.20. The van der Waals surface area contributed by atoms with Crippen LogP contribution in [0.15, 0.2) is 36.4 Å². The van der Waals surface area contributed by atoms with Gasteiger partial charge in [-0.1, -0.05) is 0 Å². The SMILES string of the molecule is N#CN1CCC(Oc2cc(F)cc(NC(=O)c3ccc(F)c(F)c3)c2)CC1. The Morgan fingerprint density at radius 1 is 1.11 bits per heavy atom. The highest BCUT2D eigenvalue weighted by Gasteiger charge is 2.20. The van der Waals surface area contributed by atoms with E-state index >= 15 is 0 Å². The average molecular weight is 375 g/mol. The van der Waals surface area contributed by atoms with Gasteiger partial charge in [-0.25, -0.2) is 13.2 Å². The third-order valence-corrected chi connectivity index (χ3v) is 4.20. The number of carbonyl (C=O) groups is 1. The summed E-state index contributed by atoms with van der Waals surface area (Å²) in [5.41, 5.74) is 0.0405. The molecule has 2 aromatic carbocycles. The molecule has 0 atom stereocenters. The Morgan fingerprint density at radius 3 is 2.52 bits per heavy atom. The van der Waals surface area contributed by atoms with Gasteiger partial charge in [-0.15, -0.1) is 0 Å². The number of anilines is 1. The molecule has 1 aliphatic heterocycles. The minimum Gasteiger partial charge on any atom is -0.490 e. The summed E-state index contributed by atoms with van der Waals surface area (Å²) in [6.45, 7) is 1.13. The van der Waals surface area contributed by atoms with E-state index < -0.39 is 23.4 Å². The Bertz CT molecular complexity index is 890. The van der Waals surface area contributed by atoms with Gasteiger partial charge in [-0.3, -0.25) is 4.79 Å². The van der Waals surface area contributed by atoms with E-state index in [-0.39, 0.29) is 23.1 Å². The molecule has 0 spiro atoms. The molecule has 1 aliphatic rings. The maximum atomic E-state index is 13.9. The van der Waals surface area contributed by atoms with Gasteiger partial charge in [0.25, 0.3) is 5.91 Å². The van der Waals surface area contributed by atoms with Crippen molar-refractivity contribution in [2.75, 3.05) is 18.4 Å². The van der Waals surface area contributed by atoms with Crippen LogP contribution in [-0.2, 0) is 0 Å². The molecule has 0 aromatic heterocycles. The third kappa shape index (κ3) is 4.70. The summed E-state index contributed by atoms with van der Waals surface area (Å²) in [4.78, 5) is 13.8.